The monoisotopic (exact) mass is 959 g/mol. The number of ether oxygens (including phenoxy) is 1. The van der Waals surface area contributed by atoms with Crippen molar-refractivity contribution in [2.75, 3.05) is 19.8 Å². The van der Waals surface area contributed by atoms with E-state index >= 15 is 0 Å². The van der Waals surface area contributed by atoms with Gasteiger partial charge in [-0.15, -0.1) is 0 Å². The predicted molar refractivity (Wildman–Crippen MR) is 291 cm³/mol. The minimum absolute atomic E-state index is 0.0677. The van der Waals surface area contributed by atoms with Crippen molar-refractivity contribution in [1.82, 2.24) is 0 Å². The first-order valence-electron chi connectivity index (χ1n) is 30.3. The van der Waals surface area contributed by atoms with E-state index in [1.54, 1.807) is 0 Å². The molecule has 0 unspecified atom stereocenters. The summed E-state index contributed by atoms with van der Waals surface area (Å²) in [5.74, 6) is -0.315. The van der Waals surface area contributed by atoms with E-state index in [9.17, 15) is 9.90 Å². The fourth-order valence-electron chi connectivity index (χ4n) is 9.41. The van der Waals surface area contributed by atoms with E-state index in [1.165, 1.54) is 282 Å². The van der Waals surface area contributed by atoms with E-state index in [1.807, 2.05) is 0 Å². The van der Waals surface area contributed by atoms with Crippen molar-refractivity contribution in [2.45, 2.75) is 329 Å². The van der Waals surface area contributed by atoms with Crippen LogP contribution < -0.4 is 14.5 Å². The molecular formula is C61H114O7. The molecule has 0 aliphatic heterocycles. The summed E-state index contributed by atoms with van der Waals surface area (Å²) in [6.07, 6.45) is 63.0. The third kappa shape index (κ3) is 42.9. The Morgan fingerprint density at radius 2 is 0.559 bits per heavy atom. The number of benzene rings is 1. The minimum atomic E-state index is -1.06. The molecule has 1 rings (SSSR count). The number of hydrogen-bond acceptors (Lipinski definition) is 6. The lowest BCUT2D eigenvalue weighted by molar-refractivity contribution is -0.229. The van der Waals surface area contributed by atoms with Gasteiger partial charge in [-0.3, -0.25) is 0 Å². The van der Waals surface area contributed by atoms with Crippen LogP contribution in [0.3, 0.4) is 0 Å². The van der Waals surface area contributed by atoms with E-state index < -0.39 is 5.97 Å². The molecule has 0 radical (unpaired) electrons. The van der Waals surface area contributed by atoms with Gasteiger partial charge in [0.2, 0.25) is 5.75 Å². The van der Waals surface area contributed by atoms with Gasteiger partial charge in [-0.05, 0) is 25.3 Å². The Kier molecular flexibility index (Phi) is 49.7. The van der Waals surface area contributed by atoms with Gasteiger partial charge in [0, 0.05) is 6.07 Å². The molecule has 0 fully saturated rings. The fraction of sp³-hybridized carbons (Fsp3) is 0.885. The average Bonchev–Trinajstić information content (AvgIpc) is 3.34. The highest BCUT2D eigenvalue weighted by Crippen LogP contribution is 2.40. The molecule has 1 aromatic rings. The second kappa shape index (κ2) is 52.8. The number of unbranched alkanes of at least 4 members (excludes halogenated alkanes) is 45. The van der Waals surface area contributed by atoms with Gasteiger partial charge in [0.15, 0.2) is 5.75 Å². The number of hydrogen-bond donors (Lipinski definition) is 1. The molecule has 0 heterocycles. The normalized spacial score (nSPS) is 11.5. The molecule has 1 aromatic carbocycles. The standard InChI is InChI=1S/C61H114O7/c1-4-7-10-13-16-19-22-25-28-31-34-37-40-43-46-49-52-64-58-55-57(61(62)63)56-59(67-65-53-50-47-44-41-38-35-32-29-26-23-20-17-14-11-8-5-2)60(58)68-66-54-51-48-45-42-39-36-33-30-27-24-21-18-15-12-9-6-3/h55-56H,4-54H2,1-3H3,(H,62,63). The minimum Gasteiger partial charge on any atom is -0.489 e. The molecule has 0 saturated heterocycles. The number of carboxylic acid groups (broad SMARTS) is 1. The molecule has 7 nitrogen and oxygen atoms in total. The Bertz CT molecular complexity index is 1170. The summed E-state index contributed by atoms with van der Waals surface area (Å²) in [6.45, 7) is 8.19. The molecule has 0 atom stereocenters. The predicted octanol–water partition coefficient (Wildman–Crippen LogP) is 21.2. The summed E-state index contributed by atoms with van der Waals surface area (Å²) < 4.78 is 6.21. The fourth-order valence-corrected chi connectivity index (χ4v) is 9.41. The van der Waals surface area contributed by atoms with Crippen molar-refractivity contribution >= 4 is 5.97 Å². The van der Waals surface area contributed by atoms with Crippen LogP contribution in [0.15, 0.2) is 12.1 Å². The first kappa shape index (κ1) is 64.0. The van der Waals surface area contributed by atoms with Crippen LogP contribution >= 0.6 is 0 Å². The van der Waals surface area contributed by atoms with Crippen molar-refractivity contribution in [3.8, 4) is 17.2 Å². The third-order valence-corrected chi connectivity index (χ3v) is 14.0. The second-order valence-corrected chi connectivity index (χ2v) is 20.7. The lowest BCUT2D eigenvalue weighted by Gasteiger charge is -2.16. The number of rotatable bonds is 57. The van der Waals surface area contributed by atoms with Crippen molar-refractivity contribution in [2.24, 2.45) is 0 Å². The van der Waals surface area contributed by atoms with E-state index in [2.05, 4.69) is 20.8 Å². The van der Waals surface area contributed by atoms with Crippen LogP contribution in [0, 0.1) is 0 Å². The van der Waals surface area contributed by atoms with Crippen LogP contribution in [0.4, 0.5) is 0 Å². The van der Waals surface area contributed by atoms with E-state index in [0.29, 0.717) is 25.6 Å². The van der Waals surface area contributed by atoms with Crippen molar-refractivity contribution in [1.29, 1.82) is 0 Å². The molecule has 0 bridgehead atoms. The molecule has 0 aromatic heterocycles. The van der Waals surface area contributed by atoms with Gasteiger partial charge in [0.1, 0.15) is 0 Å². The van der Waals surface area contributed by atoms with Gasteiger partial charge in [0.25, 0.3) is 5.75 Å². The summed E-state index contributed by atoms with van der Waals surface area (Å²) in [5.41, 5.74) is 0.0677. The molecule has 0 aliphatic carbocycles. The number of carboxylic acids is 1. The zero-order valence-electron chi connectivity index (χ0n) is 45.6. The highest BCUT2D eigenvalue weighted by Gasteiger charge is 2.21. The molecule has 68 heavy (non-hydrogen) atoms. The Morgan fingerprint density at radius 1 is 0.324 bits per heavy atom. The Balaban J connectivity index is 2.45. The maximum Gasteiger partial charge on any atom is 0.335 e. The first-order valence-corrected chi connectivity index (χ1v) is 30.3. The van der Waals surface area contributed by atoms with Crippen LogP contribution in [0.1, 0.15) is 339 Å². The summed E-state index contributed by atoms with van der Waals surface area (Å²) in [4.78, 5) is 35.2. The maximum absolute atomic E-state index is 12.2. The quantitative estimate of drug-likeness (QED) is 0.0396. The number of aromatic carboxylic acids is 1. The maximum atomic E-state index is 12.2. The summed E-state index contributed by atoms with van der Waals surface area (Å²) in [5, 5.41) is 9.99. The van der Waals surface area contributed by atoms with Gasteiger partial charge < -0.3 is 19.6 Å². The highest BCUT2D eigenvalue weighted by atomic mass is 17.2. The summed E-state index contributed by atoms with van der Waals surface area (Å²) in [7, 11) is 0. The molecule has 0 saturated carbocycles. The van der Waals surface area contributed by atoms with Crippen LogP contribution in [-0.4, -0.2) is 30.9 Å². The lowest BCUT2D eigenvalue weighted by atomic mass is 10.0. The zero-order valence-corrected chi connectivity index (χ0v) is 45.6. The van der Waals surface area contributed by atoms with Gasteiger partial charge in [-0.1, -0.05) is 310 Å². The highest BCUT2D eigenvalue weighted by molar-refractivity contribution is 5.89. The molecular weight excluding hydrogens is 845 g/mol. The van der Waals surface area contributed by atoms with Gasteiger partial charge in [-0.2, -0.15) is 9.78 Å². The largest absolute Gasteiger partial charge is 0.489 e. The lowest BCUT2D eigenvalue weighted by Crippen LogP contribution is -2.09. The van der Waals surface area contributed by atoms with E-state index in [-0.39, 0.29) is 17.1 Å². The Labute approximate surface area is 422 Å². The zero-order chi connectivity index (χ0) is 48.9. The summed E-state index contributed by atoms with van der Waals surface area (Å²) >= 11 is 0. The van der Waals surface area contributed by atoms with Crippen molar-refractivity contribution in [3.63, 3.8) is 0 Å². The number of carbonyl (C=O) groups is 1. The van der Waals surface area contributed by atoms with Crippen LogP contribution in [0.25, 0.3) is 0 Å². The Hall–Kier alpha value is -1.99. The SMILES string of the molecule is CCCCCCCCCCCCCCCCCCOOc1cc(C(=O)O)cc(OCCCCCCCCCCCCCCCCCC)c1OOCCCCCCCCCCCCCCCCCC. The first-order chi connectivity index (χ1) is 33.6. The van der Waals surface area contributed by atoms with E-state index in [4.69, 9.17) is 24.3 Å². The van der Waals surface area contributed by atoms with Crippen molar-refractivity contribution in [3.05, 3.63) is 17.7 Å². The third-order valence-electron chi connectivity index (χ3n) is 14.0. The topological polar surface area (TPSA) is 83.5 Å². The average molecular weight is 960 g/mol. The smallest absolute Gasteiger partial charge is 0.335 e. The second-order valence-electron chi connectivity index (χ2n) is 20.7. The molecule has 0 spiro atoms. The van der Waals surface area contributed by atoms with Gasteiger partial charge in [0.05, 0.1) is 25.4 Å². The molecule has 7 heteroatoms. The Morgan fingerprint density at radius 3 is 0.838 bits per heavy atom. The summed E-state index contributed by atoms with van der Waals surface area (Å²) in [6, 6.07) is 2.97. The molecule has 0 aliphatic rings. The van der Waals surface area contributed by atoms with Crippen LogP contribution in [-0.2, 0) is 9.78 Å². The van der Waals surface area contributed by atoms with E-state index in [0.717, 1.165) is 38.5 Å². The van der Waals surface area contributed by atoms with Gasteiger partial charge in [-0.25, -0.2) is 4.79 Å². The molecule has 1 N–H and O–H groups in total. The van der Waals surface area contributed by atoms with Crippen molar-refractivity contribution < 1.29 is 34.2 Å². The molecule has 400 valence electrons. The van der Waals surface area contributed by atoms with Gasteiger partial charge >= 0.3 is 5.97 Å². The molecule has 0 amide bonds. The van der Waals surface area contributed by atoms with Crippen LogP contribution in [0.5, 0.6) is 17.2 Å². The van der Waals surface area contributed by atoms with Crippen LogP contribution in [0.2, 0.25) is 0 Å².